The van der Waals surface area contributed by atoms with Crippen LogP contribution in [0.5, 0.6) is 11.5 Å². The van der Waals surface area contributed by atoms with Crippen molar-refractivity contribution in [2.75, 3.05) is 40.1 Å². The molecule has 0 bridgehead atoms. The molecule has 0 radical (unpaired) electrons. The van der Waals surface area contributed by atoms with Gasteiger partial charge in [0.1, 0.15) is 36.1 Å². The van der Waals surface area contributed by atoms with Gasteiger partial charge in [0.2, 0.25) is 0 Å². The SMILES string of the molecule is CCC1(COCCOc2ccc(C(=O)Oc3ccc(-c4ccc(C#N)c(F)c4)cc3C(OOC)c3ccccc3)cc2)COC1. The Hall–Kier alpha value is -4.59. The van der Waals surface area contributed by atoms with E-state index in [-0.39, 0.29) is 16.7 Å². The van der Waals surface area contributed by atoms with E-state index in [1.165, 1.54) is 19.2 Å². The van der Waals surface area contributed by atoms with Gasteiger partial charge in [0.25, 0.3) is 0 Å². The molecule has 0 saturated carbocycles. The Labute approximate surface area is 261 Å². The first-order valence-electron chi connectivity index (χ1n) is 14.6. The van der Waals surface area contributed by atoms with E-state index in [0.717, 1.165) is 25.2 Å². The standard InChI is InChI=1S/C36H34FNO7/c1-3-36(23-42-24-36)22-41-17-18-43-30-14-11-26(12-15-30)35(39)44-33-16-13-27(28-9-10-29(21-38)32(37)20-28)19-31(33)34(45-40-2)25-7-5-4-6-8-25/h4-16,19-20,34H,3,17-18,22-24H2,1-2H3. The smallest absolute Gasteiger partial charge is 0.343 e. The number of nitriles is 1. The van der Waals surface area contributed by atoms with Gasteiger partial charge < -0.3 is 18.9 Å². The maximum atomic E-state index is 14.5. The Morgan fingerprint density at radius 3 is 2.36 bits per heavy atom. The lowest BCUT2D eigenvalue weighted by Gasteiger charge is -2.40. The van der Waals surface area contributed by atoms with Crippen LogP contribution in [-0.2, 0) is 19.2 Å². The van der Waals surface area contributed by atoms with E-state index in [9.17, 15) is 9.18 Å². The van der Waals surface area contributed by atoms with Crippen LogP contribution in [0, 0.1) is 22.6 Å². The van der Waals surface area contributed by atoms with Crippen molar-refractivity contribution < 1.29 is 37.9 Å². The van der Waals surface area contributed by atoms with Crippen LogP contribution in [0.4, 0.5) is 4.39 Å². The summed E-state index contributed by atoms with van der Waals surface area (Å²) >= 11 is 0. The van der Waals surface area contributed by atoms with Crippen molar-refractivity contribution in [1.29, 1.82) is 5.26 Å². The average molecular weight is 612 g/mol. The van der Waals surface area contributed by atoms with Crippen LogP contribution >= 0.6 is 0 Å². The highest BCUT2D eigenvalue weighted by atomic mass is 19.1. The fraction of sp³-hybridized carbons (Fsp3) is 0.278. The normalized spacial score (nSPS) is 14.2. The summed E-state index contributed by atoms with van der Waals surface area (Å²) in [5, 5.41) is 9.13. The van der Waals surface area contributed by atoms with Crippen LogP contribution in [0.3, 0.4) is 0 Å². The first-order valence-corrected chi connectivity index (χ1v) is 14.6. The zero-order chi connectivity index (χ0) is 31.6. The van der Waals surface area contributed by atoms with E-state index in [1.54, 1.807) is 48.5 Å². The molecule has 0 spiro atoms. The first-order chi connectivity index (χ1) is 21.9. The van der Waals surface area contributed by atoms with Crippen LogP contribution in [0.2, 0.25) is 0 Å². The number of benzene rings is 4. The van der Waals surface area contributed by atoms with E-state index in [0.29, 0.717) is 47.8 Å². The second-order valence-electron chi connectivity index (χ2n) is 10.8. The molecule has 4 aromatic carbocycles. The van der Waals surface area contributed by atoms with Gasteiger partial charge in [0.15, 0.2) is 0 Å². The maximum absolute atomic E-state index is 14.5. The predicted octanol–water partition coefficient (Wildman–Crippen LogP) is 7.07. The van der Waals surface area contributed by atoms with Gasteiger partial charge in [-0.15, -0.1) is 0 Å². The summed E-state index contributed by atoms with van der Waals surface area (Å²) < 4.78 is 37.2. The van der Waals surface area contributed by atoms with Gasteiger partial charge in [-0.3, -0.25) is 0 Å². The summed E-state index contributed by atoms with van der Waals surface area (Å²) in [6, 6.07) is 27.2. The Morgan fingerprint density at radius 2 is 1.71 bits per heavy atom. The average Bonchev–Trinajstić information content (AvgIpc) is 3.05. The number of nitrogens with zero attached hydrogens (tertiary/aromatic N) is 1. The summed E-state index contributed by atoms with van der Waals surface area (Å²) in [5.74, 6) is -0.374. The van der Waals surface area contributed by atoms with Gasteiger partial charge in [0, 0.05) is 11.0 Å². The van der Waals surface area contributed by atoms with E-state index in [1.807, 2.05) is 36.4 Å². The Bertz CT molecular complexity index is 1630. The lowest BCUT2D eigenvalue weighted by Crippen LogP contribution is -2.45. The molecule has 4 aromatic rings. The molecule has 1 unspecified atom stereocenters. The third-order valence-electron chi connectivity index (χ3n) is 7.77. The largest absolute Gasteiger partial charge is 0.491 e. The minimum absolute atomic E-state index is 0.0523. The summed E-state index contributed by atoms with van der Waals surface area (Å²) in [4.78, 5) is 24.0. The number of hydrogen-bond acceptors (Lipinski definition) is 8. The van der Waals surface area contributed by atoms with Gasteiger partial charge in [-0.05, 0) is 71.6 Å². The maximum Gasteiger partial charge on any atom is 0.343 e. The van der Waals surface area contributed by atoms with E-state index in [4.69, 9.17) is 34.0 Å². The number of carbonyl (C=O) groups excluding carboxylic acids is 1. The van der Waals surface area contributed by atoms with Crippen LogP contribution in [0.1, 0.15) is 46.5 Å². The molecule has 0 aromatic heterocycles. The third-order valence-corrected chi connectivity index (χ3v) is 7.77. The zero-order valence-corrected chi connectivity index (χ0v) is 25.2. The van der Waals surface area contributed by atoms with Gasteiger partial charge in [0.05, 0.1) is 44.7 Å². The number of esters is 1. The molecule has 1 atom stereocenters. The van der Waals surface area contributed by atoms with Crippen LogP contribution in [0.25, 0.3) is 11.1 Å². The molecule has 232 valence electrons. The van der Waals surface area contributed by atoms with E-state index < -0.39 is 17.9 Å². The molecule has 1 fully saturated rings. The highest BCUT2D eigenvalue weighted by Crippen LogP contribution is 2.37. The van der Waals surface area contributed by atoms with Crippen molar-refractivity contribution in [3.8, 4) is 28.7 Å². The van der Waals surface area contributed by atoms with E-state index >= 15 is 0 Å². The Balaban J connectivity index is 1.32. The minimum atomic E-state index is -0.774. The quantitative estimate of drug-likeness (QED) is 0.0491. The lowest BCUT2D eigenvalue weighted by atomic mass is 9.84. The van der Waals surface area contributed by atoms with Crippen LogP contribution < -0.4 is 9.47 Å². The highest BCUT2D eigenvalue weighted by molar-refractivity contribution is 5.91. The molecule has 0 N–H and O–H groups in total. The molecular weight excluding hydrogens is 577 g/mol. The molecule has 1 saturated heterocycles. The second kappa shape index (κ2) is 14.9. The van der Waals surface area contributed by atoms with Crippen LogP contribution in [-0.4, -0.2) is 46.1 Å². The topological polar surface area (TPSA) is 96.2 Å². The van der Waals surface area contributed by atoms with Crippen molar-refractivity contribution in [1.82, 2.24) is 0 Å². The third kappa shape index (κ3) is 7.74. The summed E-state index contributed by atoms with van der Waals surface area (Å²) in [7, 11) is 1.39. The fourth-order valence-corrected chi connectivity index (χ4v) is 4.96. The monoisotopic (exact) mass is 611 g/mol. The summed E-state index contributed by atoms with van der Waals surface area (Å²) in [5.41, 5.74) is 2.79. The van der Waals surface area contributed by atoms with Gasteiger partial charge in [-0.1, -0.05) is 49.4 Å². The van der Waals surface area contributed by atoms with Gasteiger partial charge in [-0.2, -0.15) is 5.26 Å². The van der Waals surface area contributed by atoms with Crippen molar-refractivity contribution in [2.24, 2.45) is 5.41 Å². The Kier molecular flexibility index (Phi) is 10.6. The van der Waals surface area contributed by atoms with Gasteiger partial charge >= 0.3 is 5.97 Å². The number of ether oxygens (including phenoxy) is 4. The number of rotatable bonds is 14. The molecule has 1 heterocycles. The molecule has 45 heavy (non-hydrogen) atoms. The van der Waals surface area contributed by atoms with Crippen LogP contribution in [0.15, 0.2) is 91.0 Å². The fourth-order valence-electron chi connectivity index (χ4n) is 4.96. The van der Waals surface area contributed by atoms with E-state index in [2.05, 4.69) is 6.92 Å². The lowest BCUT2D eigenvalue weighted by molar-refractivity contribution is -0.298. The highest BCUT2D eigenvalue weighted by Gasteiger charge is 2.36. The molecule has 5 rings (SSSR count). The molecular formula is C36H34FNO7. The van der Waals surface area contributed by atoms with Crippen molar-refractivity contribution in [3.63, 3.8) is 0 Å². The molecule has 0 aliphatic carbocycles. The molecule has 9 heteroatoms. The summed E-state index contributed by atoms with van der Waals surface area (Å²) in [6.45, 7) is 5.08. The van der Waals surface area contributed by atoms with Crippen molar-refractivity contribution >= 4 is 5.97 Å². The second-order valence-corrected chi connectivity index (χ2v) is 10.8. The molecule has 8 nitrogen and oxygen atoms in total. The molecule has 1 aliphatic rings. The minimum Gasteiger partial charge on any atom is -0.491 e. The number of hydrogen-bond donors (Lipinski definition) is 0. The predicted molar refractivity (Wildman–Crippen MR) is 164 cm³/mol. The van der Waals surface area contributed by atoms with Crippen molar-refractivity contribution in [2.45, 2.75) is 19.4 Å². The molecule has 1 aliphatic heterocycles. The van der Waals surface area contributed by atoms with Crippen molar-refractivity contribution in [3.05, 3.63) is 119 Å². The summed E-state index contributed by atoms with van der Waals surface area (Å²) in [6.07, 6.45) is 0.240. The number of carbonyl (C=O) groups is 1. The zero-order valence-electron chi connectivity index (χ0n) is 25.2. The molecule has 0 amide bonds. The number of halogens is 1. The Morgan fingerprint density at radius 1 is 0.978 bits per heavy atom. The van der Waals surface area contributed by atoms with Gasteiger partial charge in [-0.25, -0.2) is 19.0 Å². The first kappa shape index (κ1) is 31.8.